The minimum Gasteiger partial charge on any atom is -0.386 e. The first-order chi connectivity index (χ1) is 6.99. The van der Waals surface area contributed by atoms with Crippen LogP contribution in [0.3, 0.4) is 0 Å². The number of rotatable bonds is 4. The first kappa shape index (κ1) is 12.7. The predicted molar refractivity (Wildman–Crippen MR) is 64.9 cm³/mol. The monoisotopic (exact) mass is 272 g/mol. The summed E-state index contributed by atoms with van der Waals surface area (Å²) in [4.78, 5) is 0. The summed E-state index contributed by atoms with van der Waals surface area (Å²) in [6.45, 7) is 6.26. The molecule has 0 aliphatic rings. The fraction of sp³-hybridized carbons (Fsp3) is 0.500. The molecule has 0 fully saturated rings. The Morgan fingerprint density at radius 3 is 2.53 bits per heavy atom. The first-order valence-electron chi connectivity index (χ1n) is 5.06. The zero-order valence-electron chi connectivity index (χ0n) is 9.33. The zero-order valence-corrected chi connectivity index (χ0v) is 10.9. The normalized spacial score (nSPS) is 13.2. The number of aliphatic hydroxyl groups excluding tert-OH is 1. The molecule has 0 radical (unpaired) electrons. The van der Waals surface area contributed by atoms with Gasteiger partial charge in [0.2, 0.25) is 0 Å². The van der Waals surface area contributed by atoms with Gasteiger partial charge in [0.05, 0.1) is 12.7 Å². The molecule has 1 unspecified atom stereocenters. The molecule has 1 rings (SSSR count). The van der Waals surface area contributed by atoms with Gasteiger partial charge in [-0.3, -0.25) is 0 Å². The van der Waals surface area contributed by atoms with Crippen molar-refractivity contribution in [3.05, 3.63) is 33.8 Å². The summed E-state index contributed by atoms with van der Waals surface area (Å²) >= 11 is 3.41. The van der Waals surface area contributed by atoms with E-state index in [0.29, 0.717) is 6.61 Å². The van der Waals surface area contributed by atoms with Crippen LogP contribution in [0.5, 0.6) is 0 Å². The van der Waals surface area contributed by atoms with Crippen molar-refractivity contribution in [1.82, 2.24) is 0 Å². The van der Waals surface area contributed by atoms with Crippen molar-refractivity contribution in [3.8, 4) is 0 Å². The summed E-state index contributed by atoms with van der Waals surface area (Å²) in [6, 6.07) is 5.90. The Kier molecular flexibility index (Phi) is 4.77. The van der Waals surface area contributed by atoms with Gasteiger partial charge in [0.1, 0.15) is 6.10 Å². The molecule has 0 heterocycles. The van der Waals surface area contributed by atoms with Crippen molar-refractivity contribution in [2.75, 3.05) is 6.61 Å². The molecule has 0 aromatic heterocycles. The van der Waals surface area contributed by atoms with E-state index in [1.165, 1.54) is 0 Å². The second kappa shape index (κ2) is 5.64. The molecular formula is C12H17BrO2. The van der Waals surface area contributed by atoms with E-state index in [-0.39, 0.29) is 6.10 Å². The summed E-state index contributed by atoms with van der Waals surface area (Å²) < 4.78 is 6.36. The maximum absolute atomic E-state index is 9.87. The Morgan fingerprint density at radius 1 is 1.33 bits per heavy atom. The summed E-state index contributed by atoms with van der Waals surface area (Å²) in [6.07, 6.45) is -0.406. The quantitative estimate of drug-likeness (QED) is 0.912. The zero-order chi connectivity index (χ0) is 11.4. The van der Waals surface area contributed by atoms with Gasteiger partial charge in [-0.05, 0) is 44.0 Å². The van der Waals surface area contributed by atoms with Gasteiger partial charge in [0.25, 0.3) is 0 Å². The van der Waals surface area contributed by atoms with Crippen molar-refractivity contribution < 1.29 is 9.84 Å². The maximum atomic E-state index is 9.87. The van der Waals surface area contributed by atoms with Crippen molar-refractivity contribution in [1.29, 1.82) is 0 Å². The van der Waals surface area contributed by atoms with Crippen molar-refractivity contribution in [2.24, 2.45) is 0 Å². The maximum Gasteiger partial charge on any atom is 0.102 e. The Morgan fingerprint density at radius 2 is 2.00 bits per heavy atom. The van der Waals surface area contributed by atoms with E-state index in [1.54, 1.807) is 0 Å². The smallest absolute Gasteiger partial charge is 0.102 e. The van der Waals surface area contributed by atoms with E-state index in [9.17, 15) is 5.11 Å². The topological polar surface area (TPSA) is 29.5 Å². The second-order valence-corrected chi connectivity index (χ2v) is 4.88. The highest BCUT2D eigenvalue weighted by Gasteiger charge is 2.09. The number of hydrogen-bond donors (Lipinski definition) is 1. The lowest BCUT2D eigenvalue weighted by atomic mass is 10.1. The molecule has 0 bridgehead atoms. The Labute approximate surface area is 99.4 Å². The summed E-state index contributed by atoms with van der Waals surface area (Å²) in [7, 11) is 0. The molecule has 84 valence electrons. The van der Waals surface area contributed by atoms with E-state index in [1.807, 2.05) is 39.0 Å². The third-order valence-corrected chi connectivity index (χ3v) is 2.49. The third-order valence-electron chi connectivity index (χ3n) is 2.04. The lowest BCUT2D eigenvalue weighted by Crippen LogP contribution is -2.12. The fourth-order valence-electron chi connectivity index (χ4n) is 1.34. The van der Waals surface area contributed by atoms with E-state index in [0.717, 1.165) is 15.6 Å². The van der Waals surface area contributed by atoms with Crippen LogP contribution in [0.4, 0.5) is 0 Å². The fourth-order valence-corrected chi connectivity index (χ4v) is 1.96. The standard InChI is InChI=1S/C12H17BrO2/c1-8(2)15-7-12(14)10-4-9(3)5-11(13)6-10/h4-6,8,12,14H,7H2,1-3H3. The molecule has 3 heteroatoms. The molecule has 1 atom stereocenters. The minimum atomic E-state index is -0.552. The predicted octanol–water partition coefficient (Wildman–Crippen LogP) is 3.22. The number of hydrogen-bond acceptors (Lipinski definition) is 2. The van der Waals surface area contributed by atoms with E-state index in [2.05, 4.69) is 15.9 Å². The van der Waals surface area contributed by atoms with Gasteiger partial charge in [0.15, 0.2) is 0 Å². The van der Waals surface area contributed by atoms with Gasteiger partial charge in [0, 0.05) is 4.47 Å². The van der Waals surface area contributed by atoms with Crippen LogP contribution >= 0.6 is 15.9 Å². The van der Waals surface area contributed by atoms with Crippen LogP contribution < -0.4 is 0 Å². The van der Waals surface area contributed by atoms with E-state index >= 15 is 0 Å². The number of aliphatic hydroxyl groups is 1. The molecule has 1 aromatic rings. The third kappa shape index (κ3) is 4.33. The van der Waals surface area contributed by atoms with Crippen LogP contribution in [-0.2, 0) is 4.74 Å². The molecular weight excluding hydrogens is 256 g/mol. The van der Waals surface area contributed by atoms with Crippen LogP contribution in [-0.4, -0.2) is 17.8 Å². The van der Waals surface area contributed by atoms with Crippen molar-refractivity contribution in [3.63, 3.8) is 0 Å². The van der Waals surface area contributed by atoms with Gasteiger partial charge in [-0.1, -0.05) is 22.0 Å². The average molecular weight is 273 g/mol. The Bertz CT molecular complexity index is 303. The first-order valence-corrected chi connectivity index (χ1v) is 5.85. The number of aryl methyl sites for hydroxylation is 1. The second-order valence-electron chi connectivity index (χ2n) is 3.96. The molecule has 0 saturated carbocycles. The SMILES string of the molecule is Cc1cc(Br)cc(C(O)COC(C)C)c1. The summed E-state index contributed by atoms with van der Waals surface area (Å²) in [5.41, 5.74) is 2.02. The van der Waals surface area contributed by atoms with Crippen LogP contribution in [0.1, 0.15) is 31.1 Å². The van der Waals surface area contributed by atoms with Gasteiger partial charge >= 0.3 is 0 Å². The Hall–Kier alpha value is -0.380. The van der Waals surface area contributed by atoms with Crippen molar-refractivity contribution in [2.45, 2.75) is 33.0 Å². The van der Waals surface area contributed by atoms with Crippen LogP contribution in [0.25, 0.3) is 0 Å². The van der Waals surface area contributed by atoms with Gasteiger partial charge in [-0.15, -0.1) is 0 Å². The lowest BCUT2D eigenvalue weighted by Gasteiger charge is -2.14. The van der Waals surface area contributed by atoms with Crippen molar-refractivity contribution >= 4 is 15.9 Å². The molecule has 15 heavy (non-hydrogen) atoms. The van der Waals surface area contributed by atoms with E-state index < -0.39 is 6.10 Å². The molecule has 0 amide bonds. The summed E-state index contributed by atoms with van der Waals surface area (Å²) in [5.74, 6) is 0. The highest BCUT2D eigenvalue weighted by atomic mass is 79.9. The van der Waals surface area contributed by atoms with Gasteiger partial charge in [-0.25, -0.2) is 0 Å². The molecule has 0 spiro atoms. The van der Waals surface area contributed by atoms with Gasteiger partial charge in [-0.2, -0.15) is 0 Å². The molecule has 1 N–H and O–H groups in total. The highest BCUT2D eigenvalue weighted by molar-refractivity contribution is 9.10. The lowest BCUT2D eigenvalue weighted by molar-refractivity contribution is 0.00489. The number of halogens is 1. The minimum absolute atomic E-state index is 0.146. The van der Waals surface area contributed by atoms with Crippen LogP contribution in [0.2, 0.25) is 0 Å². The van der Waals surface area contributed by atoms with Gasteiger partial charge < -0.3 is 9.84 Å². The molecule has 0 aliphatic heterocycles. The molecule has 1 aromatic carbocycles. The summed E-state index contributed by atoms with van der Waals surface area (Å²) in [5, 5.41) is 9.87. The van der Waals surface area contributed by atoms with E-state index in [4.69, 9.17) is 4.74 Å². The molecule has 2 nitrogen and oxygen atoms in total. The Balaban J connectivity index is 2.68. The number of ether oxygens (including phenoxy) is 1. The average Bonchev–Trinajstić information content (AvgIpc) is 2.12. The molecule has 0 saturated heterocycles. The van der Waals surface area contributed by atoms with Crippen LogP contribution in [0.15, 0.2) is 22.7 Å². The highest BCUT2D eigenvalue weighted by Crippen LogP contribution is 2.21. The molecule has 0 aliphatic carbocycles. The largest absolute Gasteiger partial charge is 0.386 e. The van der Waals surface area contributed by atoms with Crippen LogP contribution in [0, 0.1) is 6.92 Å². The number of benzene rings is 1.